The molecule has 1 saturated carbocycles. The van der Waals surface area contributed by atoms with E-state index in [2.05, 4.69) is 27.6 Å². The molecule has 1 N–H and O–H groups in total. The maximum atomic E-state index is 11.9. The molecule has 0 aliphatic heterocycles. The molecule has 17 heavy (non-hydrogen) atoms. The van der Waals surface area contributed by atoms with E-state index in [1.54, 1.807) is 0 Å². The van der Waals surface area contributed by atoms with Crippen LogP contribution in [0.5, 0.6) is 0 Å². The standard InChI is InChI=1S/C12H15N3O2/c16-11(9-4-2-1-3-5-9)14-12-13-10(15-17-12)8-6-7-8/h1-2,8-9H,3-7H2,(H,13,14,15,16)/t9-/m1/s1. The van der Waals surface area contributed by atoms with Crippen LogP contribution in [0.1, 0.15) is 43.8 Å². The molecule has 5 heteroatoms. The highest BCUT2D eigenvalue weighted by Crippen LogP contribution is 2.38. The normalized spacial score (nSPS) is 23.6. The van der Waals surface area contributed by atoms with Gasteiger partial charge in [0.05, 0.1) is 0 Å². The van der Waals surface area contributed by atoms with E-state index in [0.717, 1.165) is 37.9 Å². The number of carbonyl (C=O) groups is 1. The van der Waals surface area contributed by atoms with Gasteiger partial charge in [-0.3, -0.25) is 10.1 Å². The zero-order chi connectivity index (χ0) is 11.7. The van der Waals surface area contributed by atoms with Crippen molar-refractivity contribution in [1.29, 1.82) is 0 Å². The van der Waals surface area contributed by atoms with Crippen LogP contribution in [-0.2, 0) is 4.79 Å². The number of hydrogen-bond donors (Lipinski definition) is 1. The second kappa shape index (κ2) is 4.31. The Labute approximate surface area is 99.3 Å². The number of allylic oxidation sites excluding steroid dienone is 2. The van der Waals surface area contributed by atoms with Crippen molar-refractivity contribution in [3.8, 4) is 0 Å². The van der Waals surface area contributed by atoms with Crippen molar-refractivity contribution in [2.24, 2.45) is 5.92 Å². The van der Waals surface area contributed by atoms with Crippen LogP contribution in [0, 0.1) is 5.92 Å². The van der Waals surface area contributed by atoms with Crippen molar-refractivity contribution >= 4 is 11.9 Å². The summed E-state index contributed by atoms with van der Waals surface area (Å²) in [7, 11) is 0. The molecule has 2 aliphatic rings. The average Bonchev–Trinajstić information content (AvgIpc) is 3.12. The molecule has 1 aromatic heterocycles. The maximum Gasteiger partial charge on any atom is 0.328 e. The molecule has 1 fully saturated rings. The highest BCUT2D eigenvalue weighted by molar-refractivity contribution is 5.90. The van der Waals surface area contributed by atoms with Gasteiger partial charge < -0.3 is 4.52 Å². The number of rotatable bonds is 3. The first kappa shape index (κ1) is 10.5. The van der Waals surface area contributed by atoms with Crippen molar-refractivity contribution in [1.82, 2.24) is 10.1 Å². The first-order valence-corrected chi connectivity index (χ1v) is 6.12. The third-order valence-corrected chi connectivity index (χ3v) is 3.25. The van der Waals surface area contributed by atoms with Crippen molar-refractivity contribution in [3.63, 3.8) is 0 Å². The van der Waals surface area contributed by atoms with Crippen LogP contribution >= 0.6 is 0 Å². The Hall–Kier alpha value is -1.65. The lowest BCUT2D eigenvalue weighted by molar-refractivity contribution is -0.120. The fourth-order valence-electron chi connectivity index (χ4n) is 2.03. The van der Waals surface area contributed by atoms with Crippen LogP contribution in [0.3, 0.4) is 0 Å². The van der Waals surface area contributed by atoms with Crippen LogP contribution in [0.15, 0.2) is 16.7 Å². The summed E-state index contributed by atoms with van der Waals surface area (Å²) in [5.74, 6) is 1.20. The number of nitrogens with zero attached hydrogens (tertiary/aromatic N) is 2. The third kappa shape index (κ3) is 2.38. The molecule has 0 aromatic carbocycles. The van der Waals surface area contributed by atoms with E-state index >= 15 is 0 Å². The summed E-state index contributed by atoms with van der Waals surface area (Å²) in [6.07, 6.45) is 9.08. The molecular formula is C12H15N3O2. The van der Waals surface area contributed by atoms with Crippen molar-refractivity contribution in [3.05, 3.63) is 18.0 Å². The van der Waals surface area contributed by atoms with Crippen molar-refractivity contribution in [2.45, 2.75) is 38.0 Å². The first-order valence-electron chi connectivity index (χ1n) is 6.12. The summed E-state index contributed by atoms with van der Waals surface area (Å²) in [6, 6.07) is 0.242. The highest BCUT2D eigenvalue weighted by atomic mass is 16.5. The Morgan fingerprint density at radius 3 is 2.94 bits per heavy atom. The SMILES string of the molecule is O=C(Nc1nc(C2CC2)no1)[C@@H]1CC=CCC1. The molecule has 5 nitrogen and oxygen atoms in total. The minimum Gasteiger partial charge on any atom is -0.315 e. The third-order valence-electron chi connectivity index (χ3n) is 3.25. The van der Waals surface area contributed by atoms with Gasteiger partial charge in [-0.15, -0.1) is 0 Å². The first-order chi connectivity index (χ1) is 8.33. The van der Waals surface area contributed by atoms with Gasteiger partial charge in [0.2, 0.25) is 5.91 Å². The second-order valence-corrected chi connectivity index (χ2v) is 4.70. The fourth-order valence-corrected chi connectivity index (χ4v) is 2.03. The monoisotopic (exact) mass is 233 g/mol. The number of nitrogens with one attached hydrogen (secondary N) is 1. The molecular weight excluding hydrogens is 218 g/mol. The van der Waals surface area contributed by atoms with E-state index in [4.69, 9.17) is 4.52 Å². The molecule has 0 spiro atoms. The van der Waals surface area contributed by atoms with E-state index in [1.165, 1.54) is 0 Å². The zero-order valence-corrected chi connectivity index (χ0v) is 9.56. The predicted molar refractivity (Wildman–Crippen MR) is 61.4 cm³/mol. The van der Waals surface area contributed by atoms with Crippen LogP contribution in [0.25, 0.3) is 0 Å². The largest absolute Gasteiger partial charge is 0.328 e. The summed E-state index contributed by atoms with van der Waals surface area (Å²) >= 11 is 0. The van der Waals surface area contributed by atoms with E-state index in [1.807, 2.05) is 0 Å². The Balaban J connectivity index is 1.60. The van der Waals surface area contributed by atoms with E-state index in [0.29, 0.717) is 5.92 Å². The summed E-state index contributed by atoms with van der Waals surface area (Å²) < 4.78 is 5.02. The molecule has 1 atom stereocenters. The van der Waals surface area contributed by atoms with Gasteiger partial charge in [-0.2, -0.15) is 4.98 Å². The van der Waals surface area contributed by atoms with E-state index in [-0.39, 0.29) is 17.8 Å². The van der Waals surface area contributed by atoms with Gasteiger partial charge in [0.25, 0.3) is 0 Å². The molecule has 2 aliphatic carbocycles. The van der Waals surface area contributed by atoms with Crippen LogP contribution < -0.4 is 5.32 Å². The zero-order valence-electron chi connectivity index (χ0n) is 9.56. The van der Waals surface area contributed by atoms with E-state index < -0.39 is 0 Å². The summed E-state index contributed by atoms with van der Waals surface area (Å²) in [5.41, 5.74) is 0. The second-order valence-electron chi connectivity index (χ2n) is 4.70. The predicted octanol–water partition coefficient (Wildman–Crippen LogP) is 2.24. The average molecular weight is 233 g/mol. The quantitative estimate of drug-likeness (QED) is 0.813. The maximum absolute atomic E-state index is 11.9. The van der Waals surface area contributed by atoms with Gasteiger partial charge in [0.15, 0.2) is 5.82 Å². The minimum atomic E-state index is -0.0136. The molecule has 0 bridgehead atoms. The summed E-state index contributed by atoms with van der Waals surface area (Å²) in [4.78, 5) is 16.1. The smallest absolute Gasteiger partial charge is 0.315 e. The molecule has 1 heterocycles. The number of amides is 1. The fraction of sp³-hybridized carbons (Fsp3) is 0.583. The summed E-state index contributed by atoms with van der Waals surface area (Å²) in [5, 5.41) is 6.56. The lowest BCUT2D eigenvalue weighted by Crippen LogP contribution is -2.23. The van der Waals surface area contributed by atoms with Gasteiger partial charge in [0, 0.05) is 11.8 Å². The van der Waals surface area contributed by atoms with Gasteiger partial charge in [0.1, 0.15) is 0 Å². The Kier molecular flexibility index (Phi) is 2.66. The Morgan fingerprint density at radius 2 is 2.24 bits per heavy atom. The molecule has 1 aromatic rings. The molecule has 0 saturated heterocycles. The van der Waals surface area contributed by atoms with Gasteiger partial charge in [-0.1, -0.05) is 17.3 Å². The van der Waals surface area contributed by atoms with Gasteiger partial charge in [-0.05, 0) is 32.1 Å². The molecule has 0 radical (unpaired) electrons. The molecule has 90 valence electrons. The lowest BCUT2D eigenvalue weighted by Gasteiger charge is -2.15. The van der Waals surface area contributed by atoms with Crippen LogP contribution in [-0.4, -0.2) is 16.0 Å². The lowest BCUT2D eigenvalue weighted by atomic mass is 9.94. The van der Waals surface area contributed by atoms with Crippen LogP contribution in [0.4, 0.5) is 6.01 Å². The van der Waals surface area contributed by atoms with Gasteiger partial charge >= 0.3 is 6.01 Å². The van der Waals surface area contributed by atoms with E-state index in [9.17, 15) is 4.79 Å². The summed E-state index contributed by atoms with van der Waals surface area (Å²) in [6.45, 7) is 0. The number of hydrogen-bond acceptors (Lipinski definition) is 4. The number of aromatic nitrogens is 2. The molecule has 3 rings (SSSR count). The minimum absolute atomic E-state index is 0.0136. The van der Waals surface area contributed by atoms with Gasteiger partial charge in [-0.25, -0.2) is 0 Å². The number of anilines is 1. The van der Waals surface area contributed by atoms with Crippen molar-refractivity contribution in [2.75, 3.05) is 5.32 Å². The topological polar surface area (TPSA) is 68.0 Å². The highest BCUT2D eigenvalue weighted by Gasteiger charge is 2.29. The Morgan fingerprint density at radius 1 is 1.35 bits per heavy atom. The Bertz CT molecular complexity index is 448. The molecule has 1 amide bonds. The molecule has 0 unspecified atom stereocenters. The van der Waals surface area contributed by atoms with Crippen LogP contribution in [0.2, 0.25) is 0 Å². The number of carbonyl (C=O) groups excluding carboxylic acids is 1. The van der Waals surface area contributed by atoms with Crippen molar-refractivity contribution < 1.29 is 9.32 Å².